The number of hydrogen-bond donors (Lipinski definition) is 0. The molecule has 0 aliphatic carbocycles. The van der Waals surface area contributed by atoms with Crippen molar-refractivity contribution >= 4 is 23.4 Å². The molecule has 2 aromatic rings. The maximum absolute atomic E-state index is 11.0. The van der Waals surface area contributed by atoms with Crippen LogP contribution in [-0.2, 0) is 4.74 Å². The standard InChI is InChI=1S/C15H17N5O3S/c1-10-3-4-12(20(21)22)9-13(10)24-15-17-11(2)16-14(18-15)19-5-7-23-8-6-19/h3-4,9H,5-8H2,1-2H3. The smallest absolute Gasteiger partial charge is 0.270 e. The van der Waals surface area contributed by atoms with Gasteiger partial charge in [-0.3, -0.25) is 10.1 Å². The van der Waals surface area contributed by atoms with Gasteiger partial charge >= 0.3 is 0 Å². The van der Waals surface area contributed by atoms with Crippen molar-refractivity contribution in [3.05, 3.63) is 39.7 Å². The number of aryl methyl sites for hydroxylation is 2. The van der Waals surface area contributed by atoms with Gasteiger partial charge < -0.3 is 9.64 Å². The van der Waals surface area contributed by atoms with Gasteiger partial charge in [-0.25, -0.2) is 4.98 Å². The first-order valence-electron chi connectivity index (χ1n) is 7.51. The summed E-state index contributed by atoms with van der Waals surface area (Å²) < 4.78 is 5.35. The fraction of sp³-hybridized carbons (Fsp3) is 0.400. The van der Waals surface area contributed by atoms with Crippen molar-refractivity contribution in [2.24, 2.45) is 0 Å². The van der Waals surface area contributed by atoms with Crippen molar-refractivity contribution in [2.75, 3.05) is 31.2 Å². The molecule has 1 aromatic carbocycles. The Labute approximate surface area is 143 Å². The first-order chi connectivity index (χ1) is 11.5. The molecule has 1 aliphatic rings. The second-order valence-electron chi connectivity index (χ2n) is 5.37. The third kappa shape index (κ3) is 3.80. The zero-order valence-electron chi connectivity index (χ0n) is 13.4. The summed E-state index contributed by atoms with van der Waals surface area (Å²) in [6.45, 7) is 6.50. The Morgan fingerprint density at radius 3 is 2.67 bits per heavy atom. The minimum Gasteiger partial charge on any atom is -0.378 e. The lowest BCUT2D eigenvalue weighted by Gasteiger charge is -2.26. The van der Waals surface area contributed by atoms with Crippen LogP contribution in [0.5, 0.6) is 0 Å². The van der Waals surface area contributed by atoms with Crippen molar-refractivity contribution in [3.63, 3.8) is 0 Å². The summed E-state index contributed by atoms with van der Waals surface area (Å²) in [5.41, 5.74) is 0.999. The number of nitro groups is 1. The molecule has 2 heterocycles. The molecule has 0 radical (unpaired) electrons. The molecule has 1 fully saturated rings. The highest BCUT2D eigenvalue weighted by atomic mass is 32.2. The minimum absolute atomic E-state index is 0.0577. The van der Waals surface area contributed by atoms with Gasteiger partial charge in [0.25, 0.3) is 5.69 Å². The molecule has 1 saturated heterocycles. The molecule has 0 bridgehead atoms. The number of benzene rings is 1. The maximum atomic E-state index is 11.0. The third-order valence-electron chi connectivity index (χ3n) is 3.59. The molecule has 126 valence electrons. The third-order valence-corrected chi connectivity index (χ3v) is 4.62. The van der Waals surface area contributed by atoms with Crippen LogP contribution in [-0.4, -0.2) is 46.2 Å². The SMILES string of the molecule is Cc1nc(Sc2cc([N+](=O)[O-])ccc2C)nc(N2CCOCC2)n1. The summed E-state index contributed by atoms with van der Waals surface area (Å²) in [7, 11) is 0. The number of hydrogen-bond acceptors (Lipinski definition) is 8. The average Bonchev–Trinajstić information content (AvgIpc) is 2.57. The molecule has 0 spiro atoms. The highest BCUT2D eigenvalue weighted by Gasteiger charge is 2.17. The van der Waals surface area contributed by atoms with Gasteiger partial charge in [-0.1, -0.05) is 6.07 Å². The van der Waals surface area contributed by atoms with Crippen LogP contribution in [0.2, 0.25) is 0 Å². The highest BCUT2D eigenvalue weighted by Crippen LogP contribution is 2.31. The van der Waals surface area contributed by atoms with E-state index in [9.17, 15) is 10.1 Å². The molecule has 0 N–H and O–H groups in total. The van der Waals surface area contributed by atoms with Crippen molar-refractivity contribution in [2.45, 2.75) is 23.9 Å². The number of aromatic nitrogens is 3. The Hall–Kier alpha value is -2.26. The van der Waals surface area contributed by atoms with E-state index in [1.165, 1.54) is 17.8 Å². The van der Waals surface area contributed by atoms with Crippen molar-refractivity contribution in [1.29, 1.82) is 0 Å². The normalized spacial score (nSPS) is 14.7. The first-order valence-corrected chi connectivity index (χ1v) is 8.33. The van der Waals surface area contributed by atoms with E-state index in [1.54, 1.807) is 12.1 Å². The molecule has 24 heavy (non-hydrogen) atoms. The number of morpholine rings is 1. The Morgan fingerprint density at radius 1 is 1.21 bits per heavy atom. The van der Waals surface area contributed by atoms with E-state index in [2.05, 4.69) is 19.9 Å². The molecule has 1 aromatic heterocycles. The zero-order chi connectivity index (χ0) is 17.1. The Bertz CT molecular complexity index is 765. The van der Waals surface area contributed by atoms with Gasteiger partial charge in [0, 0.05) is 30.1 Å². The summed E-state index contributed by atoms with van der Waals surface area (Å²) in [5, 5.41) is 11.5. The summed E-state index contributed by atoms with van der Waals surface area (Å²) in [6.07, 6.45) is 0. The van der Waals surface area contributed by atoms with E-state index >= 15 is 0 Å². The maximum Gasteiger partial charge on any atom is 0.270 e. The second kappa shape index (κ2) is 7.10. The molecule has 9 heteroatoms. The van der Waals surface area contributed by atoms with E-state index < -0.39 is 4.92 Å². The van der Waals surface area contributed by atoms with Gasteiger partial charge in [0.15, 0.2) is 5.16 Å². The quantitative estimate of drug-likeness (QED) is 0.614. The lowest BCUT2D eigenvalue weighted by atomic mass is 10.2. The highest BCUT2D eigenvalue weighted by molar-refractivity contribution is 7.99. The van der Waals surface area contributed by atoms with E-state index in [0.29, 0.717) is 30.1 Å². The summed E-state index contributed by atoms with van der Waals surface area (Å²) in [6, 6.07) is 4.78. The van der Waals surface area contributed by atoms with Crippen LogP contribution in [0.25, 0.3) is 0 Å². The van der Waals surface area contributed by atoms with Gasteiger partial charge in [0.1, 0.15) is 5.82 Å². The van der Waals surface area contributed by atoms with Crippen LogP contribution < -0.4 is 4.90 Å². The molecule has 1 aliphatic heterocycles. The number of nitro benzene ring substituents is 1. The van der Waals surface area contributed by atoms with Crippen LogP contribution in [0, 0.1) is 24.0 Å². The molecule has 3 rings (SSSR count). The number of nitrogens with zero attached hydrogens (tertiary/aromatic N) is 5. The van der Waals surface area contributed by atoms with E-state index in [4.69, 9.17) is 4.74 Å². The van der Waals surface area contributed by atoms with E-state index in [1.807, 2.05) is 13.8 Å². The Kier molecular flexibility index (Phi) is 4.91. The van der Waals surface area contributed by atoms with Crippen molar-refractivity contribution in [3.8, 4) is 0 Å². The monoisotopic (exact) mass is 347 g/mol. The number of ether oxygens (including phenoxy) is 1. The van der Waals surface area contributed by atoms with Gasteiger partial charge in [-0.05, 0) is 31.2 Å². The fourth-order valence-electron chi connectivity index (χ4n) is 2.30. The zero-order valence-corrected chi connectivity index (χ0v) is 14.2. The van der Waals surface area contributed by atoms with Crippen LogP contribution in [0.4, 0.5) is 11.6 Å². The molecule has 0 amide bonds. The largest absolute Gasteiger partial charge is 0.378 e. The number of non-ortho nitro benzene ring substituents is 1. The van der Waals surface area contributed by atoms with Crippen LogP contribution >= 0.6 is 11.8 Å². The lowest BCUT2D eigenvalue weighted by Crippen LogP contribution is -2.37. The molecule has 0 saturated carbocycles. The fourth-order valence-corrected chi connectivity index (χ4v) is 3.22. The molecule has 0 atom stereocenters. The predicted molar refractivity (Wildman–Crippen MR) is 89.6 cm³/mol. The molecular formula is C15H17N5O3S. The Balaban J connectivity index is 1.88. The number of rotatable bonds is 4. The predicted octanol–water partition coefficient (Wildman–Crippen LogP) is 2.38. The van der Waals surface area contributed by atoms with Gasteiger partial charge in [-0.2, -0.15) is 9.97 Å². The van der Waals surface area contributed by atoms with Gasteiger partial charge in [0.2, 0.25) is 5.95 Å². The molecule has 0 unspecified atom stereocenters. The van der Waals surface area contributed by atoms with Gasteiger partial charge in [-0.15, -0.1) is 0 Å². The van der Waals surface area contributed by atoms with Crippen LogP contribution in [0.3, 0.4) is 0 Å². The van der Waals surface area contributed by atoms with Crippen LogP contribution in [0.15, 0.2) is 28.3 Å². The average molecular weight is 347 g/mol. The molecule has 8 nitrogen and oxygen atoms in total. The summed E-state index contributed by atoms with van der Waals surface area (Å²) in [5.74, 6) is 1.24. The second-order valence-corrected chi connectivity index (χ2v) is 6.38. The minimum atomic E-state index is -0.401. The number of anilines is 1. The summed E-state index contributed by atoms with van der Waals surface area (Å²) >= 11 is 1.31. The lowest BCUT2D eigenvalue weighted by molar-refractivity contribution is -0.385. The van der Waals surface area contributed by atoms with E-state index in [0.717, 1.165) is 23.5 Å². The van der Waals surface area contributed by atoms with Crippen molar-refractivity contribution < 1.29 is 9.66 Å². The molecular weight excluding hydrogens is 330 g/mol. The first kappa shape index (κ1) is 16.6. The summed E-state index contributed by atoms with van der Waals surface area (Å²) in [4.78, 5) is 26.6. The van der Waals surface area contributed by atoms with Crippen molar-refractivity contribution in [1.82, 2.24) is 15.0 Å². The van der Waals surface area contributed by atoms with E-state index in [-0.39, 0.29) is 5.69 Å². The Morgan fingerprint density at radius 2 is 1.96 bits per heavy atom. The topological polar surface area (TPSA) is 94.3 Å². The van der Waals surface area contributed by atoms with Crippen LogP contribution in [0.1, 0.15) is 11.4 Å². The van der Waals surface area contributed by atoms with Gasteiger partial charge in [0.05, 0.1) is 18.1 Å².